The Hall–Kier alpha value is -3.78. The van der Waals surface area contributed by atoms with Gasteiger partial charge >= 0.3 is 0 Å². The van der Waals surface area contributed by atoms with Crippen LogP contribution in [-0.2, 0) is 16.6 Å². The molecule has 0 aliphatic carbocycles. The van der Waals surface area contributed by atoms with Crippen molar-refractivity contribution >= 4 is 15.7 Å². The van der Waals surface area contributed by atoms with Crippen LogP contribution < -0.4 is 13.8 Å². The van der Waals surface area contributed by atoms with Gasteiger partial charge in [0.1, 0.15) is 30.1 Å². The molecule has 0 bridgehead atoms. The lowest BCUT2D eigenvalue weighted by molar-refractivity contribution is 0.301. The molecule has 1 aromatic heterocycles. The van der Waals surface area contributed by atoms with Crippen LogP contribution in [0.4, 0.5) is 5.69 Å². The van der Waals surface area contributed by atoms with Gasteiger partial charge in [-0.3, -0.25) is 4.31 Å². The summed E-state index contributed by atoms with van der Waals surface area (Å²) in [6.07, 6.45) is 1.56. The molecule has 7 nitrogen and oxygen atoms in total. The van der Waals surface area contributed by atoms with Crippen molar-refractivity contribution in [3.63, 3.8) is 0 Å². The van der Waals surface area contributed by atoms with E-state index in [-0.39, 0.29) is 11.5 Å². The maximum atomic E-state index is 12.9. The number of hydrogen-bond donors (Lipinski definition) is 0. The van der Waals surface area contributed by atoms with Gasteiger partial charge in [-0.2, -0.15) is 0 Å². The number of rotatable bonds is 8. The number of benzene rings is 3. The van der Waals surface area contributed by atoms with Crippen LogP contribution in [0.5, 0.6) is 11.5 Å². The molecule has 4 rings (SSSR count). The molecular weight excluding hydrogens is 428 g/mol. The maximum Gasteiger partial charge on any atom is 0.264 e. The zero-order valence-corrected chi connectivity index (χ0v) is 18.5. The summed E-state index contributed by atoms with van der Waals surface area (Å²) >= 11 is 0. The molecule has 1 heterocycles. The highest BCUT2D eigenvalue weighted by Gasteiger charge is 2.21. The summed E-state index contributed by atoms with van der Waals surface area (Å²) in [5.74, 6) is 1.72. The van der Waals surface area contributed by atoms with Gasteiger partial charge < -0.3 is 13.9 Å². The molecule has 0 aliphatic heterocycles. The fourth-order valence-corrected chi connectivity index (χ4v) is 4.24. The fourth-order valence-electron chi connectivity index (χ4n) is 3.04. The van der Waals surface area contributed by atoms with E-state index >= 15 is 0 Å². The Kier molecular flexibility index (Phi) is 6.13. The summed E-state index contributed by atoms with van der Waals surface area (Å²) < 4.78 is 43.4. The molecular formula is C24H22N2O5S. The summed E-state index contributed by atoms with van der Waals surface area (Å²) in [5, 5.41) is 0. The van der Waals surface area contributed by atoms with Gasteiger partial charge in [0.05, 0.1) is 17.7 Å². The highest BCUT2D eigenvalue weighted by molar-refractivity contribution is 7.92. The number of sulfonamides is 1. The van der Waals surface area contributed by atoms with E-state index in [1.807, 2.05) is 30.3 Å². The first-order valence-corrected chi connectivity index (χ1v) is 11.3. The second-order valence-corrected chi connectivity index (χ2v) is 8.91. The average Bonchev–Trinajstić information content (AvgIpc) is 3.32. The SMILES string of the molecule is COc1ccc(S(=O)(=O)N(C)c2ccc(OCc3coc(-c4ccccc4)n3)cc2)cc1. The molecule has 0 saturated carbocycles. The van der Waals surface area contributed by atoms with E-state index in [1.54, 1.807) is 42.7 Å². The van der Waals surface area contributed by atoms with Gasteiger partial charge in [-0.05, 0) is 60.7 Å². The van der Waals surface area contributed by atoms with Crippen molar-refractivity contribution in [2.45, 2.75) is 11.5 Å². The van der Waals surface area contributed by atoms with Gasteiger partial charge in [-0.25, -0.2) is 13.4 Å². The number of anilines is 1. The Morgan fingerprint density at radius 3 is 2.22 bits per heavy atom. The van der Waals surface area contributed by atoms with E-state index in [9.17, 15) is 8.42 Å². The normalized spacial score (nSPS) is 11.2. The Labute approximate surface area is 186 Å². The first kappa shape index (κ1) is 21.5. The summed E-state index contributed by atoms with van der Waals surface area (Å²) in [4.78, 5) is 4.61. The molecule has 8 heteroatoms. The van der Waals surface area contributed by atoms with Crippen molar-refractivity contribution in [2.75, 3.05) is 18.5 Å². The molecule has 3 aromatic carbocycles. The van der Waals surface area contributed by atoms with Crippen LogP contribution in [0.3, 0.4) is 0 Å². The highest BCUT2D eigenvalue weighted by Crippen LogP contribution is 2.26. The van der Waals surface area contributed by atoms with E-state index in [0.29, 0.717) is 28.8 Å². The van der Waals surface area contributed by atoms with E-state index in [1.165, 1.54) is 30.6 Å². The summed E-state index contributed by atoms with van der Waals surface area (Å²) in [6, 6.07) is 22.7. The number of methoxy groups -OCH3 is 1. The first-order chi connectivity index (χ1) is 15.5. The third kappa shape index (κ3) is 4.60. The van der Waals surface area contributed by atoms with Crippen molar-refractivity contribution in [1.29, 1.82) is 0 Å². The first-order valence-electron chi connectivity index (χ1n) is 9.83. The van der Waals surface area contributed by atoms with Crippen molar-refractivity contribution < 1.29 is 22.3 Å². The van der Waals surface area contributed by atoms with E-state index in [0.717, 1.165) is 5.56 Å². The lowest BCUT2D eigenvalue weighted by Crippen LogP contribution is -2.26. The molecule has 0 amide bonds. The lowest BCUT2D eigenvalue weighted by Gasteiger charge is -2.20. The largest absolute Gasteiger partial charge is 0.497 e. The molecule has 0 saturated heterocycles. The van der Waals surface area contributed by atoms with Crippen molar-refractivity contribution in [3.05, 3.63) is 90.8 Å². The minimum atomic E-state index is -3.69. The molecule has 32 heavy (non-hydrogen) atoms. The van der Waals surface area contributed by atoms with Crippen LogP contribution in [0.25, 0.3) is 11.5 Å². The molecule has 0 aliphatic rings. The molecule has 0 unspecified atom stereocenters. The Bertz CT molecular complexity index is 1270. The molecule has 0 radical (unpaired) electrons. The number of aromatic nitrogens is 1. The zero-order chi connectivity index (χ0) is 22.6. The predicted octanol–water partition coefficient (Wildman–Crippen LogP) is 4.75. The van der Waals surface area contributed by atoms with E-state index in [4.69, 9.17) is 13.9 Å². The quantitative estimate of drug-likeness (QED) is 0.385. The maximum absolute atomic E-state index is 12.9. The lowest BCUT2D eigenvalue weighted by atomic mass is 10.2. The average molecular weight is 451 g/mol. The van der Waals surface area contributed by atoms with Crippen LogP contribution in [0.1, 0.15) is 5.69 Å². The van der Waals surface area contributed by atoms with Crippen LogP contribution in [0, 0.1) is 0 Å². The van der Waals surface area contributed by atoms with Crippen molar-refractivity contribution in [2.24, 2.45) is 0 Å². The van der Waals surface area contributed by atoms with Crippen LogP contribution in [0.2, 0.25) is 0 Å². The van der Waals surface area contributed by atoms with Gasteiger partial charge in [0.25, 0.3) is 10.0 Å². The van der Waals surface area contributed by atoms with Crippen molar-refractivity contribution in [1.82, 2.24) is 4.98 Å². The van der Waals surface area contributed by atoms with Gasteiger partial charge in [-0.1, -0.05) is 18.2 Å². The molecule has 0 spiro atoms. The Morgan fingerprint density at radius 1 is 0.906 bits per heavy atom. The summed E-state index contributed by atoms with van der Waals surface area (Å²) in [5.41, 5.74) is 2.07. The number of oxazole rings is 1. The van der Waals surface area contributed by atoms with Crippen LogP contribution >= 0.6 is 0 Å². The van der Waals surface area contributed by atoms with E-state index in [2.05, 4.69) is 4.98 Å². The van der Waals surface area contributed by atoms with Crippen molar-refractivity contribution in [3.8, 4) is 23.0 Å². The summed E-state index contributed by atoms with van der Waals surface area (Å²) in [7, 11) is -0.653. The van der Waals surface area contributed by atoms with Gasteiger partial charge in [0.2, 0.25) is 5.89 Å². The minimum absolute atomic E-state index is 0.182. The molecule has 164 valence electrons. The van der Waals surface area contributed by atoms with E-state index < -0.39 is 10.0 Å². The Morgan fingerprint density at radius 2 is 1.56 bits per heavy atom. The number of ether oxygens (including phenoxy) is 2. The minimum Gasteiger partial charge on any atom is -0.497 e. The molecule has 0 atom stereocenters. The van der Waals surface area contributed by atoms with Gasteiger partial charge in [0.15, 0.2) is 0 Å². The van der Waals surface area contributed by atoms with Gasteiger partial charge in [0, 0.05) is 12.6 Å². The fraction of sp³-hybridized carbons (Fsp3) is 0.125. The van der Waals surface area contributed by atoms with Gasteiger partial charge in [-0.15, -0.1) is 0 Å². The molecule has 0 fully saturated rings. The third-order valence-corrected chi connectivity index (χ3v) is 6.68. The second kappa shape index (κ2) is 9.15. The zero-order valence-electron chi connectivity index (χ0n) is 17.6. The Balaban J connectivity index is 1.41. The third-order valence-electron chi connectivity index (χ3n) is 4.88. The number of hydrogen-bond acceptors (Lipinski definition) is 6. The monoisotopic (exact) mass is 450 g/mol. The smallest absolute Gasteiger partial charge is 0.264 e. The summed E-state index contributed by atoms with van der Waals surface area (Å²) in [6.45, 7) is 0.232. The van der Waals surface area contributed by atoms with Crippen LogP contribution in [-0.4, -0.2) is 27.6 Å². The molecule has 0 N–H and O–H groups in total. The number of nitrogens with zero attached hydrogens (tertiary/aromatic N) is 2. The topological polar surface area (TPSA) is 81.9 Å². The van der Waals surface area contributed by atoms with Crippen LogP contribution in [0.15, 0.2) is 94.4 Å². The predicted molar refractivity (Wildman–Crippen MR) is 121 cm³/mol. The molecule has 4 aromatic rings. The second-order valence-electron chi connectivity index (χ2n) is 6.94. The standard InChI is InChI=1S/C24H22N2O5S/c1-26(32(27,28)23-14-12-21(29-2)13-15-23)20-8-10-22(11-9-20)30-16-19-17-31-24(25-19)18-6-4-3-5-7-18/h3-15,17H,16H2,1-2H3. The highest BCUT2D eigenvalue weighted by atomic mass is 32.2.